The lowest BCUT2D eigenvalue weighted by atomic mass is 9.98. The number of fused-ring (bicyclic) bond motifs is 3. The Kier molecular flexibility index (Phi) is 8.61. The zero-order valence-electron chi connectivity index (χ0n) is 19.4. The van der Waals surface area contributed by atoms with Crippen LogP contribution in [0.4, 0.5) is 4.79 Å². The van der Waals surface area contributed by atoms with Gasteiger partial charge < -0.3 is 30.0 Å². The second-order valence-corrected chi connectivity index (χ2v) is 8.07. The number of hydrogen-bond acceptors (Lipinski definition) is 6. The minimum absolute atomic E-state index is 0.0800. The van der Waals surface area contributed by atoms with E-state index >= 15 is 0 Å². The Hall–Kier alpha value is -3.43. The summed E-state index contributed by atoms with van der Waals surface area (Å²) in [7, 11) is 2.83. The van der Waals surface area contributed by atoms with Crippen LogP contribution in [0.2, 0.25) is 0 Å². The fraction of sp³-hybridized carbons (Fsp3) is 0.400. The maximum Gasteiger partial charge on any atom is 0.407 e. The molecular formula is C25H30N2O7. The summed E-state index contributed by atoms with van der Waals surface area (Å²) in [5, 5.41) is 14.3. The average Bonchev–Trinajstić information content (AvgIpc) is 3.16. The molecule has 34 heavy (non-hydrogen) atoms. The Balaban J connectivity index is 1.66. The molecule has 2 aromatic rings. The third-order valence-corrected chi connectivity index (χ3v) is 5.97. The Morgan fingerprint density at radius 3 is 2.09 bits per heavy atom. The number of carboxylic acid groups (broad SMARTS) is 1. The van der Waals surface area contributed by atoms with Gasteiger partial charge in [-0.15, -0.1) is 0 Å². The van der Waals surface area contributed by atoms with E-state index in [0.29, 0.717) is 0 Å². The first-order valence-corrected chi connectivity index (χ1v) is 11.0. The molecule has 0 heterocycles. The molecule has 1 aliphatic carbocycles. The van der Waals surface area contributed by atoms with E-state index < -0.39 is 36.2 Å². The van der Waals surface area contributed by atoms with Crippen LogP contribution in [0.3, 0.4) is 0 Å². The molecule has 3 rings (SSSR count). The van der Waals surface area contributed by atoms with Crippen molar-refractivity contribution in [1.29, 1.82) is 0 Å². The molecule has 0 radical (unpaired) electrons. The number of nitrogens with one attached hydrogen (secondary N) is 2. The second-order valence-electron chi connectivity index (χ2n) is 8.07. The fourth-order valence-corrected chi connectivity index (χ4v) is 4.05. The molecule has 0 aromatic heterocycles. The SMILES string of the molecule is COCCC(NC(=O)[C@@H](NC(=O)OCC1c2ccccc2-c2ccccc21)[C@@H](C)OC)C(=O)O. The van der Waals surface area contributed by atoms with E-state index in [4.69, 9.17) is 14.2 Å². The lowest BCUT2D eigenvalue weighted by Crippen LogP contribution is -2.56. The maximum absolute atomic E-state index is 12.8. The number of benzene rings is 2. The molecule has 0 spiro atoms. The van der Waals surface area contributed by atoms with Gasteiger partial charge >= 0.3 is 12.1 Å². The summed E-state index contributed by atoms with van der Waals surface area (Å²) in [5.41, 5.74) is 4.35. The van der Waals surface area contributed by atoms with Crippen molar-refractivity contribution in [3.63, 3.8) is 0 Å². The quantitative estimate of drug-likeness (QED) is 0.461. The molecule has 0 saturated carbocycles. The topological polar surface area (TPSA) is 123 Å². The number of rotatable bonds is 11. The van der Waals surface area contributed by atoms with Crippen LogP contribution in [-0.4, -0.2) is 68.7 Å². The van der Waals surface area contributed by atoms with Crippen LogP contribution in [0.25, 0.3) is 11.1 Å². The Labute approximate surface area is 198 Å². The molecule has 0 bridgehead atoms. The number of amides is 2. The molecule has 0 saturated heterocycles. The Morgan fingerprint density at radius 1 is 0.971 bits per heavy atom. The molecule has 1 aliphatic rings. The monoisotopic (exact) mass is 470 g/mol. The summed E-state index contributed by atoms with van der Waals surface area (Å²) in [4.78, 5) is 36.9. The summed E-state index contributed by atoms with van der Waals surface area (Å²) >= 11 is 0. The van der Waals surface area contributed by atoms with Crippen molar-refractivity contribution in [1.82, 2.24) is 10.6 Å². The number of methoxy groups -OCH3 is 2. The number of hydrogen-bond donors (Lipinski definition) is 3. The van der Waals surface area contributed by atoms with Crippen LogP contribution >= 0.6 is 0 Å². The van der Waals surface area contributed by atoms with Crippen LogP contribution in [0.1, 0.15) is 30.4 Å². The van der Waals surface area contributed by atoms with Gasteiger partial charge in [-0.1, -0.05) is 48.5 Å². The van der Waals surface area contributed by atoms with Gasteiger partial charge in [-0.25, -0.2) is 9.59 Å². The number of carboxylic acids is 1. The van der Waals surface area contributed by atoms with Gasteiger partial charge in [-0.05, 0) is 29.2 Å². The molecule has 2 amide bonds. The minimum atomic E-state index is -1.20. The van der Waals surface area contributed by atoms with Crippen molar-refractivity contribution < 1.29 is 33.7 Å². The van der Waals surface area contributed by atoms with E-state index in [-0.39, 0.29) is 25.6 Å². The van der Waals surface area contributed by atoms with Crippen LogP contribution in [0, 0.1) is 0 Å². The van der Waals surface area contributed by atoms with Gasteiger partial charge in [0.15, 0.2) is 0 Å². The standard InChI is InChI=1S/C25H30N2O7/c1-15(33-3)22(23(28)26-21(24(29)30)12-13-32-2)27-25(31)34-14-20-18-10-6-4-8-16(18)17-9-5-7-11-19(17)20/h4-11,15,20-22H,12-14H2,1-3H3,(H,26,28)(H,27,31)(H,29,30)/t15-,21?,22+/m1/s1. The minimum Gasteiger partial charge on any atom is -0.480 e. The predicted molar refractivity (Wildman–Crippen MR) is 125 cm³/mol. The number of aliphatic carboxylic acids is 1. The number of carbonyl (C=O) groups excluding carboxylic acids is 2. The third-order valence-electron chi connectivity index (χ3n) is 5.97. The number of ether oxygens (including phenoxy) is 3. The molecule has 9 heteroatoms. The molecule has 3 N–H and O–H groups in total. The van der Waals surface area contributed by atoms with Crippen LogP contribution in [-0.2, 0) is 23.8 Å². The molecule has 182 valence electrons. The summed E-state index contributed by atoms with van der Waals surface area (Å²) in [6, 6.07) is 13.6. The number of alkyl carbamates (subject to hydrolysis) is 1. The van der Waals surface area contributed by atoms with Crippen molar-refractivity contribution in [2.45, 2.75) is 37.5 Å². The highest BCUT2D eigenvalue weighted by atomic mass is 16.5. The zero-order valence-corrected chi connectivity index (χ0v) is 19.4. The third kappa shape index (κ3) is 5.73. The van der Waals surface area contributed by atoms with Gasteiger partial charge in [-0.3, -0.25) is 4.79 Å². The summed E-state index contributed by atoms with van der Waals surface area (Å²) in [5.74, 6) is -2.02. The molecule has 9 nitrogen and oxygen atoms in total. The van der Waals surface area contributed by atoms with Gasteiger partial charge in [0.05, 0.1) is 6.10 Å². The van der Waals surface area contributed by atoms with Crippen molar-refractivity contribution in [3.05, 3.63) is 59.7 Å². The zero-order chi connectivity index (χ0) is 24.7. The highest BCUT2D eigenvalue weighted by Crippen LogP contribution is 2.44. The predicted octanol–water partition coefficient (Wildman–Crippen LogP) is 2.53. The molecular weight excluding hydrogens is 440 g/mol. The van der Waals surface area contributed by atoms with Crippen LogP contribution < -0.4 is 10.6 Å². The van der Waals surface area contributed by atoms with Gasteiger partial charge in [-0.2, -0.15) is 0 Å². The first-order chi connectivity index (χ1) is 16.4. The van der Waals surface area contributed by atoms with Gasteiger partial charge in [0.2, 0.25) is 5.91 Å². The largest absolute Gasteiger partial charge is 0.480 e. The van der Waals surface area contributed by atoms with E-state index in [1.165, 1.54) is 14.2 Å². The van der Waals surface area contributed by atoms with E-state index in [9.17, 15) is 19.5 Å². The fourth-order valence-electron chi connectivity index (χ4n) is 4.05. The van der Waals surface area contributed by atoms with E-state index in [0.717, 1.165) is 22.3 Å². The summed E-state index contributed by atoms with van der Waals surface area (Å²) in [6.45, 7) is 1.83. The van der Waals surface area contributed by atoms with Crippen LogP contribution in [0.5, 0.6) is 0 Å². The highest BCUT2D eigenvalue weighted by Gasteiger charge is 2.32. The molecule has 2 aromatic carbocycles. The van der Waals surface area contributed by atoms with Crippen molar-refractivity contribution in [3.8, 4) is 11.1 Å². The average molecular weight is 471 g/mol. The molecule has 0 fully saturated rings. The van der Waals surface area contributed by atoms with E-state index in [2.05, 4.69) is 10.6 Å². The summed E-state index contributed by atoms with van der Waals surface area (Å²) in [6.07, 6.45) is -1.44. The van der Waals surface area contributed by atoms with Crippen molar-refractivity contribution in [2.75, 3.05) is 27.4 Å². The van der Waals surface area contributed by atoms with Gasteiger partial charge in [0, 0.05) is 33.2 Å². The van der Waals surface area contributed by atoms with Gasteiger partial charge in [0.1, 0.15) is 18.7 Å². The Morgan fingerprint density at radius 2 is 1.56 bits per heavy atom. The van der Waals surface area contributed by atoms with Crippen molar-refractivity contribution in [2.24, 2.45) is 0 Å². The smallest absolute Gasteiger partial charge is 0.407 e. The highest BCUT2D eigenvalue weighted by molar-refractivity contribution is 5.89. The lowest BCUT2D eigenvalue weighted by Gasteiger charge is -2.25. The van der Waals surface area contributed by atoms with Crippen LogP contribution in [0.15, 0.2) is 48.5 Å². The first kappa shape index (κ1) is 25.2. The maximum atomic E-state index is 12.8. The molecule has 3 atom stereocenters. The summed E-state index contributed by atoms with van der Waals surface area (Å²) < 4.78 is 15.6. The first-order valence-electron chi connectivity index (χ1n) is 11.0. The number of carbonyl (C=O) groups is 3. The van der Waals surface area contributed by atoms with E-state index in [1.807, 2.05) is 48.5 Å². The normalized spacial score (nSPS) is 14.9. The van der Waals surface area contributed by atoms with Gasteiger partial charge in [0.25, 0.3) is 0 Å². The Bertz CT molecular complexity index is 980. The molecule has 1 unspecified atom stereocenters. The second kappa shape index (κ2) is 11.6. The molecule has 0 aliphatic heterocycles. The van der Waals surface area contributed by atoms with Crippen molar-refractivity contribution >= 4 is 18.0 Å². The van der Waals surface area contributed by atoms with E-state index in [1.54, 1.807) is 6.92 Å². The lowest BCUT2D eigenvalue weighted by molar-refractivity contribution is -0.143.